The number of rotatable bonds is 9. The van der Waals surface area contributed by atoms with Crippen LogP contribution in [-0.2, 0) is 0 Å². The Kier molecular flexibility index (Phi) is 7.53. The molecule has 1 amide bonds. The van der Waals surface area contributed by atoms with E-state index in [9.17, 15) is 4.79 Å². The Morgan fingerprint density at radius 1 is 0.944 bits per heavy atom. The van der Waals surface area contributed by atoms with Gasteiger partial charge >= 0.3 is 6.01 Å². The van der Waals surface area contributed by atoms with Crippen LogP contribution in [0, 0.1) is 12.8 Å². The van der Waals surface area contributed by atoms with Crippen molar-refractivity contribution in [1.29, 1.82) is 0 Å². The van der Waals surface area contributed by atoms with Gasteiger partial charge < -0.3 is 19.5 Å². The van der Waals surface area contributed by atoms with Crippen LogP contribution in [0.5, 0.6) is 17.5 Å². The standard InChI is InChI=1S/C28H30N4O4/c1-18(2)17-36-28-30-26(20-8-6-19(3)7-9-20)32(31-28)23-12-10-22(11-13-23)29-27(33)21-14-24(34-4)16-25(15-21)35-5/h6-16,18H,17H2,1-5H3,(H,29,33). The Morgan fingerprint density at radius 3 is 2.17 bits per heavy atom. The Bertz CT molecular complexity index is 1310. The number of carbonyl (C=O) groups excluding carboxylic acids is 1. The number of benzene rings is 3. The van der Waals surface area contributed by atoms with Gasteiger partial charge in [-0.1, -0.05) is 43.7 Å². The van der Waals surface area contributed by atoms with Gasteiger partial charge in [0, 0.05) is 22.9 Å². The molecule has 0 aliphatic rings. The van der Waals surface area contributed by atoms with Crippen LogP contribution < -0.4 is 19.5 Å². The molecule has 0 atom stereocenters. The van der Waals surface area contributed by atoms with Crippen molar-refractivity contribution in [2.24, 2.45) is 5.92 Å². The second kappa shape index (κ2) is 10.9. The molecule has 8 heteroatoms. The summed E-state index contributed by atoms with van der Waals surface area (Å²) >= 11 is 0. The number of amides is 1. The molecule has 0 spiro atoms. The van der Waals surface area contributed by atoms with Crippen molar-refractivity contribution in [3.8, 4) is 34.6 Å². The maximum absolute atomic E-state index is 12.8. The molecule has 3 aromatic carbocycles. The summed E-state index contributed by atoms with van der Waals surface area (Å²) in [6.45, 7) is 6.72. The molecule has 0 fully saturated rings. The minimum atomic E-state index is -0.273. The average molecular weight is 487 g/mol. The zero-order chi connectivity index (χ0) is 25.7. The molecule has 8 nitrogen and oxygen atoms in total. The van der Waals surface area contributed by atoms with E-state index >= 15 is 0 Å². The fraction of sp³-hybridized carbons (Fsp3) is 0.250. The molecule has 1 aromatic heterocycles. The molecule has 0 bridgehead atoms. The normalized spacial score (nSPS) is 10.8. The first-order chi connectivity index (χ1) is 17.4. The van der Waals surface area contributed by atoms with Gasteiger partial charge in [-0.3, -0.25) is 4.79 Å². The molecule has 0 aliphatic carbocycles. The summed E-state index contributed by atoms with van der Waals surface area (Å²) < 4.78 is 18.1. The maximum atomic E-state index is 12.8. The maximum Gasteiger partial charge on any atom is 0.336 e. The number of hydrogen-bond donors (Lipinski definition) is 1. The molecule has 1 N–H and O–H groups in total. The van der Waals surface area contributed by atoms with Gasteiger partial charge in [0.2, 0.25) is 0 Å². The van der Waals surface area contributed by atoms with E-state index in [2.05, 4.69) is 29.2 Å². The van der Waals surface area contributed by atoms with E-state index in [1.165, 1.54) is 0 Å². The lowest BCUT2D eigenvalue weighted by atomic mass is 10.1. The number of aryl methyl sites for hydroxylation is 1. The number of aromatic nitrogens is 3. The summed E-state index contributed by atoms with van der Waals surface area (Å²) in [6.07, 6.45) is 0. The molecule has 0 radical (unpaired) electrons. The molecule has 0 unspecified atom stereocenters. The van der Waals surface area contributed by atoms with Gasteiger partial charge in [0.05, 0.1) is 26.5 Å². The van der Waals surface area contributed by atoms with Gasteiger partial charge in [-0.05, 0) is 49.2 Å². The number of ether oxygens (including phenoxy) is 3. The summed E-state index contributed by atoms with van der Waals surface area (Å²) in [4.78, 5) is 17.5. The number of nitrogens with one attached hydrogen (secondary N) is 1. The van der Waals surface area contributed by atoms with Crippen LogP contribution in [0.1, 0.15) is 29.8 Å². The highest BCUT2D eigenvalue weighted by Gasteiger charge is 2.16. The van der Waals surface area contributed by atoms with E-state index in [-0.39, 0.29) is 5.91 Å². The molecular formula is C28H30N4O4. The SMILES string of the molecule is COc1cc(OC)cc(C(=O)Nc2ccc(-n3nc(OCC(C)C)nc3-c3ccc(C)cc3)cc2)c1. The molecule has 36 heavy (non-hydrogen) atoms. The van der Waals surface area contributed by atoms with Crippen molar-refractivity contribution in [3.63, 3.8) is 0 Å². The van der Waals surface area contributed by atoms with Crippen molar-refractivity contribution in [2.75, 3.05) is 26.1 Å². The Balaban J connectivity index is 1.59. The first-order valence-corrected chi connectivity index (χ1v) is 11.7. The van der Waals surface area contributed by atoms with E-state index < -0.39 is 0 Å². The van der Waals surface area contributed by atoms with Crippen LogP contribution in [0.25, 0.3) is 17.1 Å². The van der Waals surface area contributed by atoms with Crippen molar-refractivity contribution in [3.05, 3.63) is 77.9 Å². The zero-order valence-electron chi connectivity index (χ0n) is 21.1. The van der Waals surface area contributed by atoms with Crippen LogP contribution >= 0.6 is 0 Å². The van der Waals surface area contributed by atoms with Crippen molar-refractivity contribution in [2.45, 2.75) is 20.8 Å². The van der Waals surface area contributed by atoms with Crippen LogP contribution in [-0.4, -0.2) is 41.5 Å². The summed E-state index contributed by atoms with van der Waals surface area (Å²) in [5.74, 6) is 1.84. The third-order valence-electron chi connectivity index (χ3n) is 5.43. The second-order valence-corrected chi connectivity index (χ2v) is 8.80. The summed E-state index contributed by atoms with van der Waals surface area (Å²) in [5.41, 5.74) is 3.95. The zero-order valence-corrected chi connectivity index (χ0v) is 21.1. The van der Waals surface area contributed by atoms with Crippen molar-refractivity contribution >= 4 is 11.6 Å². The molecule has 0 aliphatic heterocycles. The smallest absolute Gasteiger partial charge is 0.336 e. The highest BCUT2D eigenvalue weighted by atomic mass is 16.5. The fourth-order valence-corrected chi connectivity index (χ4v) is 3.49. The fourth-order valence-electron chi connectivity index (χ4n) is 3.49. The first kappa shape index (κ1) is 24.8. The van der Waals surface area contributed by atoms with E-state index in [0.29, 0.717) is 47.1 Å². The van der Waals surface area contributed by atoms with E-state index in [4.69, 9.17) is 14.2 Å². The highest BCUT2D eigenvalue weighted by Crippen LogP contribution is 2.26. The predicted molar refractivity (Wildman–Crippen MR) is 139 cm³/mol. The lowest BCUT2D eigenvalue weighted by Crippen LogP contribution is -2.12. The van der Waals surface area contributed by atoms with E-state index in [0.717, 1.165) is 16.8 Å². The first-order valence-electron chi connectivity index (χ1n) is 11.7. The predicted octanol–water partition coefficient (Wildman–Crippen LogP) is 5.55. The molecular weight excluding hydrogens is 456 g/mol. The molecule has 0 saturated carbocycles. The van der Waals surface area contributed by atoms with Crippen molar-refractivity contribution in [1.82, 2.24) is 14.8 Å². The third kappa shape index (κ3) is 5.83. The topological polar surface area (TPSA) is 87.5 Å². The number of nitrogens with zero attached hydrogens (tertiary/aromatic N) is 3. The van der Waals surface area contributed by atoms with E-state index in [1.807, 2.05) is 55.5 Å². The van der Waals surface area contributed by atoms with Crippen molar-refractivity contribution < 1.29 is 19.0 Å². The number of methoxy groups -OCH3 is 2. The summed E-state index contributed by atoms with van der Waals surface area (Å²) in [7, 11) is 3.09. The van der Waals surface area contributed by atoms with Crippen LogP contribution in [0.4, 0.5) is 5.69 Å². The van der Waals surface area contributed by atoms with Crippen LogP contribution in [0.3, 0.4) is 0 Å². The van der Waals surface area contributed by atoms with Gasteiger partial charge in [-0.2, -0.15) is 4.98 Å². The number of anilines is 1. The third-order valence-corrected chi connectivity index (χ3v) is 5.43. The Hall–Kier alpha value is -4.33. The van der Waals surface area contributed by atoms with Crippen LogP contribution in [0.15, 0.2) is 66.7 Å². The largest absolute Gasteiger partial charge is 0.497 e. The van der Waals surface area contributed by atoms with Gasteiger partial charge in [0.15, 0.2) is 5.82 Å². The molecule has 0 saturated heterocycles. The van der Waals surface area contributed by atoms with Gasteiger partial charge in [-0.15, -0.1) is 5.10 Å². The van der Waals surface area contributed by atoms with E-state index in [1.54, 1.807) is 37.1 Å². The monoisotopic (exact) mass is 486 g/mol. The quantitative estimate of drug-likeness (QED) is 0.334. The average Bonchev–Trinajstić information content (AvgIpc) is 3.32. The lowest BCUT2D eigenvalue weighted by Gasteiger charge is -2.10. The molecule has 1 heterocycles. The van der Waals surface area contributed by atoms with Gasteiger partial charge in [0.25, 0.3) is 5.91 Å². The second-order valence-electron chi connectivity index (χ2n) is 8.80. The number of hydrogen-bond acceptors (Lipinski definition) is 6. The van der Waals surface area contributed by atoms with Crippen LogP contribution in [0.2, 0.25) is 0 Å². The molecule has 4 rings (SSSR count). The minimum Gasteiger partial charge on any atom is -0.497 e. The molecule has 186 valence electrons. The minimum absolute atomic E-state index is 0.273. The highest BCUT2D eigenvalue weighted by molar-refractivity contribution is 6.04. The number of carbonyl (C=O) groups is 1. The van der Waals surface area contributed by atoms with Gasteiger partial charge in [-0.25, -0.2) is 4.68 Å². The summed E-state index contributed by atoms with van der Waals surface area (Å²) in [6, 6.07) is 20.9. The van der Waals surface area contributed by atoms with Gasteiger partial charge in [0.1, 0.15) is 11.5 Å². The molecule has 4 aromatic rings. The Labute approximate surface area is 210 Å². The lowest BCUT2D eigenvalue weighted by molar-refractivity contribution is 0.102. The Morgan fingerprint density at radius 2 is 1.58 bits per heavy atom. The summed E-state index contributed by atoms with van der Waals surface area (Å²) in [5, 5.41) is 7.51.